The zero-order valence-corrected chi connectivity index (χ0v) is 7.82. The number of nitrogens with zero attached hydrogens (tertiary/aromatic N) is 1. The number of nitrogens with one attached hydrogen (secondary N) is 2. The minimum Gasteiger partial charge on any atom is -0.360 e. The number of aromatic nitrogens is 1. The van der Waals surface area contributed by atoms with E-state index in [4.69, 9.17) is 4.52 Å². The van der Waals surface area contributed by atoms with Gasteiger partial charge in [0.25, 0.3) is 0 Å². The first-order valence-electron chi connectivity index (χ1n) is 4.74. The van der Waals surface area contributed by atoms with Crippen molar-refractivity contribution >= 4 is 5.91 Å². The molecule has 1 aliphatic heterocycles. The molecular weight excluding hydrogens is 182 g/mol. The van der Waals surface area contributed by atoms with Crippen LogP contribution < -0.4 is 10.6 Å². The van der Waals surface area contributed by atoms with Crippen molar-refractivity contribution < 1.29 is 9.32 Å². The third-order valence-corrected chi connectivity index (χ3v) is 2.36. The van der Waals surface area contributed by atoms with Crippen LogP contribution in [0.1, 0.15) is 12.2 Å². The summed E-state index contributed by atoms with van der Waals surface area (Å²) in [6.07, 6.45) is 2.49. The number of amides is 1. The Morgan fingerprint density at radius 2 is 2.71 bits per heavy atom. The van der Waals surface area contributed by atoms with Crippen LogP contribution in [0, 0.1) is 5.92 Å². The maximum Gasteiger partial charge on any atom is 0.224 e. The van der Waals surface area contributed by atoms with E-state index in [1.165, 1.54) is 0 Å². The molecule has 76 valence electrons. The molecule has 0 aliphatic carbocycles. The van der Waals surface area contributed by atoms with Crippen LogP contribution in [0.5, 0.6) is 0 Å². The van der Waals surface area contributed by atoms with Gasteiger partial charge in [-0.25, -0.2) is 0 Å². The summed E-state index contributed by atoms with van der Waals surface area (Å²) in [5, 5.41) is 9.52. The number of carbonyl (C=O) groups excluding carboxylic acids is 1. The molecule has 5 nitrogen and oxygen atoms in total. The van der Waals surface area contributed by atoms with Crippen molar-refractivity contribution in [3.63, 3.8) is 0 Å². The molecule has 2 N–H and O–H groups in total. The first kappa shape index (κ1) is 9.21. The van der Waals surface area contributed by atoms with Crippen LogP contribution in [-0.4, -0.2) is 24.2 Å². The predicted octanol–water partition coefficient (Wildman–Crippen LogP) is -0.0997. The maximum atomic E-state index is 11.5. The second kappa shape index (κ2) is 4.23. The highest BCUT2D eigenvalue weighted by molar-refractivity contribution is 5.79. The minimum absolute atomic E-state index is 0.0893. The highest BCUT2D eigenvalue weighted by Gasteiger charge is 2.21. The van der Waals surface area contributed by atoms with Gasteiger partial charge in [0.15, 0.2) is 5.76 Å². The van der Waals surface area contributed by atoms with Gasteiger partial charge in [-0.1, -0.05) is 5.16 Å². The Morgan fingerprint density at radius 3 is 3.36 bits per heavy atom. The fourth-order valence-electron chi connectivity index (χ4n) is 1.53. The molecule has 1 aromatic rings. The van der Waals surface area contributed by atoms with E-state index in [0.29, 0.717) is 12.3 Å². The fourth-order valence-corrected chi connectivity index (χ4v) is 1.53. The van der Waals surface area contributed by atoms with Crippen LogP contribution in [0.25, 0.3) is 0 Å². The normalized spacial score (nSPS) is 21.0. The van der Waals surface area contributed by atoms with Gasteiger partial charge < -0.3 is 15.2 Å². The number of carbonyl (C=O) groups is 1. The molecular formula is C9H13N3O2. The smallest absolute Gasteiger partial charge is 0.224 e. The molecule has 1 aliphatic rings. The van der Waals surface area contributed by atoms with Gasteiger partial charge >= 0.3 is 0 Å². The van der Waals surface area contributed by atoms with E-state index in [-0.39, 0.29) is 11.8 Å². The van der Waals surface area contributed by atoms with Gasteiger partial charge in [-0.15, -0.1) is 0 Å². The third-order valence-electron chi connectivity index (χ3n) is 2.36. The van der Waals surface area contributed by atoms with Gasteiger partial charge in [0, 0.05) is 12.6 Å². The van der Waals surface area contributed by atoms with Crippen LogP contribution in [0.15, 0.2) is 16.8 Å². The average Bonchev–Trinajstić information content (AvgIpc) is 2.87. The number of hydrogen-bond donors (Lipinski definition) is 2. The SMILES string of the molecule is O=C(NCc1ccno1)C1CCNC1. The van der Waals surface area contributed by atoms with E-state index in [9.17, 15) is 4.79 Å². The molecule has 1 aromatic heterocycles. The summed E-state index contributed by atoms with van der Waals surface area (Å²) in [6.45, 7) is 2.14. The van der Waals surface area contributed by atoms with E-state index < -0.39 is 0 Å². The summed E-state index contributed by atoms with van der Waals surface area (Å²) >= 11 is 0. The van der Waals surface area contributed by atoms with Gasteiger partial charge in [0.05, 0.1) is 18.7 Å². The summed E-state index contributed by atoms with van der Waals surface area (Å²) in [7, 11) is 0. The Kier molecular flexibility index (Phi) is 2.78. The molecule has 0 aromatic carbocycles. The van der Waals surface area contributed by atoms with Crippen molar-refractivity contribution in [3.8, 4) is 0 Å². The first-order valence-corrected chi connectivity index (χ1v) is 4.74. The molecule has 5 heteroatoms. The van der Waals surface area contributed by atoms with Crippen LogP contribution >= 0.6 is 0 Å². The Morgan fingerprint density at radius 1 is 1.79 bits per heavy atom. The van der Waals surface area contributed by atoms with Crippen molar-refractivity contribution in [3.05, 3.63) is 18.0 Å². The monoisotopic (exact) mass is 195 g/mol. The highest BCUT2D eigenvalue weighted by atomic mass is 16.5. The van der Waals surface area contributed by atoms with Gasteiger partial charge in [-0.2, -0.15) is 0 Å². The third kappa shape index (κ3) is 2.11. The Hall–Kier alpha value is -1.36. The maximum absolute atomic E-state index is 11.5. The molecule has 2 rings (SSSR count). The molecule has 1 unspecified atom stereocenters. The Balaban J connectivity index is 1.77. The molecule has 2 heterocycles. The van der Waals surface area contributed by atoms with Crippen LogP contribution in [0.2, 0.25) is 0 Å². The lowest BCUT2D eigenvalue weighted by molar-refractivity contribution is -0.124. The second-order valence-corrected chi connectivity index (χ2v) is 3.39. The van der Waals surface area contributed by atoms with Gasteiger partial charge in [-0.05, 0) is 13.0 Å². The van der Waals surface area contributed by atoms with Crippen molar-refractivity contribution in [2.24, 2.45) is 5.92 Å². The fraction of sp³-hybridized carbons (Fsp3) is 0.556. The zero-order chi connectivity index (χ0) is 9.80. The zero-order valence-electron chi connectivity index (χ0n) is 7.82. The molecule has 1 atom stereocenters. The standard InChI is InChI=1S/C9H13N3O2/c13-9(7-1-3-10-5-7)11-6-8-2-4-12-14-8/h2,4,7,10H,1,3,5-6H2,(H,11,13). The van der Waals surface area contributed by atoms with Crippen molar-refractivity contribution in [1.82, 2.24) is 15.8 Å². The average molecular weight is 195 g/mol. The number of rotatable bonds is 3. The van der Waals surface area contributed by atoms with Crippen LogP contribution in [0.4, 0.5) is 0 Å². The Labute approximate surface area is 81.8 Å². The van der Waals surface area contributed by atoms with Gasteiger partial charge in [-0.3, -0.25) is 4.79 Å². The molecule has 0 bridgehead atoms. The molecule has 0 spiro atoms. The van der Waals surface area contributed by atoms with Gasteiger partial charge in [0.1, 0.15) is 0 Å². The minimum atomic E-state index is 0.0893. The lowest BCUT2D eigenvalue weighted by Crippen LogP contribution is -2.31. The van der Waals surface area contributed by atoms with Crippen molar-refractivity contribution in [1.29, 1.82) is 0 Å². The van der Waals surface area contributed by atoms with E-state index >= 15 is 0 Å². The van der Waals surface area contributed by atoms with E-state index in [1.54, 1.807) is 12.3 Å². The molecule has 1 saturated heterocycles. The molecule has 14 heavy (non-hydrogen) atoms. The lowest BCUT2D eigenvalue weighted by Gasteiger charge is -2.07. The molecule has 1 amide bonds. The molecule has 0 radical (unpaired) electrons. The summed E-state index contributed by atoms with van der Waals surface area (Å²) in [5.41, 5.74) is 0. The second-order valence-electron chi connectivity index (χ2n) is 3.39. The quantitative estimate of drug-likeness (QED) is 0.706. The lowest BCUT2D eigenvalue weighted by atomic mass is 10.1. The molecule has 0 saturated carbocycles. The van der Waals surface area contributed by atoms with Gasteiger partial charge in [0.2, 0.25) is 5.91 Å². The summed E-state index contributed by atoms with van der Waals surface area (Å²) < 4.78 is 4.87. The van der Waals surface area contributed by atoms with Crippen molar-refractivity contribution in [2.75, 3.05) is 13.1 Å². The topological polar surface area (TPSA) is 67.2 Å². The largest absolute Gasteiger partial charge is 0.360 e. The number of hydrogen-bond acceptors (Lipinski definition) is 4. The predicted molar refractivity (Wildman–Crippen MR) is 49.3 cm³/mol. The van der Waals surface area contributed by atoms with Crippen LogP contribution in [-0.2, 0) is 11.3 Å². The summed E-state index contributed by atoms with van der Waals surface area (Å²) in [4.78, 5) is 11.5. The summed E-state index contributed by atoms with van der Waals surface area (Å²) in [5.74, 6) is 0.883. The molecule has 1 fully saturated rings. The summed E-state index contributed by atoms with van der Waals surface area (Å²) in [6, 6.07) is 1.74. The van der Waals surface area contributed by atoms with E-state index in [0.717, 1.165) is 19.5 Å². The Bertz CT molecular complexity index is 291. The van der Waals surface area contributed by atoms with Crippen LogP contribution in [0.3, 0.4) is 0 Å². The highest BCUT2D eigenvalue weighted by Crippen LogP contribution is 2.07. The van der Waals surface area contributed by atoms with Crippen molar-refractivity contribution in [2.45, 2.75) is 13.0 Å². The van der Waals surface area contributed by atoms with E-state index in [1.807, 2.05) is 0 Å². The first-order chi connectivity index (χ1) is 6.86. The van der Waals surface area contributed by atoms with E-state index in [2.05, 4.69) is 15.8 Å².